The Morgan fingerprint density at radius 2 is 2.00 bits per heavy atom. The van der Waals surface area contributed by atoms with Crippen molar-refractivity contribution >= 4 is 5.91 Å². The van der Waals surface area contributed by atoms with Crippen LogP contribution >= 0.6 is 0 Å². The first-order valence-electron chi connectivity index (χ1n) is 10.1. The monoisotopic (exact) mass is 387 g/mol. The molecule has 6 heteroatoms. The molecular weight excluding hydrogens is 357 g/mol. The van der Waals surface area contributed by atoms with Gasteiger partial charge in [0.1, 0.15) is 5.82 Å². The van der Waals surface area contributed by atoms with Gasteiger partial charge in [-0.3, -0.25) is 9.69 Å². The zero-order chi connectivity index (χ0) is 20.3. The summed E-state index contributed by atoms with van der Waals surface area (Å²) in [6, 6.07) is 8.02. The lowest BCUT2D eigenvalue weighted by molar-refractivity contribution is -0.132. The van der Waals surface area contributed by atoms with E-state index in [1.54, 1.807) is 12.1 Å². The van der Waals surface area contributed by atoms with Gasteiger partial charge in [0.15, 0.2) is 5.76 Å². The summed E-state index contributed by atoms with van der Waals surface area (Å²) in [7, 11) is 0. The standard InChI is InChI=1S/C22H30FN3O2/c1-5-15(4)19-13-26(20(10-14(2)3)22(27)24-19)12-18-11-21(28-25-18)16-6-8-17(23)9-7-16/h6-9,11,14-15,19-20H,5,10,12-13H2,1-4H3,(H,24,27)/t15?,19-,20+/m1/s1. The van der Waals surface area contributed by atoms with Crippen molar-refractivity contribution < 1.29 is 13.7 Å². The third-order valence-corrected chi connectivity index (χ3v) is 5.58. The minimum absolute atomic E-state index is 0.104. The summed E-state index contributed by atoms with van der Waals surface area (Å²) in [5.41, 5.74) is 1.57. The number of carbonyl (C=O) groups is 1. The van der Waals surface area contributed by atoms with E-state index >= 15 is 0 Å². The zero-order valence-electron chi connectivity index (χ0n) is 17.1. The zero-order valence-corrected chi connectivity index (χ0v) is 17.1. The molecule has 28 heavy (non-hydrogen) atoms. The van der Waals surface area contributed by atoms with Gasteiger partial charge in [-0.1, -0.05) is 39.3 Å². The number of rotatable bonds is 7. The van der Waals surface area contributed by atoms with Gasteiger partial charge in [0.2, 0.25) is 5.91 Å². The third kappa shape index (κ3) is 4.79. The van der Waals surface area contributed by atoms with Crippen molar-refractivity contribution in [1.29, 1.82) is 0 Å². The average Bonchev–Trinajstić information content (AvgIpc) is 3.12. The maximum Gasteiger partial charge on any atom is 0.237 e. The van der Waals surface area contributed by atoms with Gasteiger partial charge in [-0.05, 0) is 42.5 Å². The first-order valence-corrected chi connectivity index (χ1v) is 10.1. The Balaban J connectivity index is 1.78. The first-order chi connectivity index (χ1) is 13.4. The van der Waals surface area contributed by atoms with E-state index in [0.717, 1.165) is 30.6 Å². The van der Waals surface area contributed by atoms with Gasteiger partial charge in [0.25, 0.3) is 0 Å². The van der Waals surface area contributed by atoms with Crippen LogP contribution in [-0.2, 0) is 11.3 Å². The van der Waals surface area contributed by atoms with Crippen molar-refractivity contribution in [3.05, 3.63) is 41.8 Å². The molecule has 1 aromatic heterocycles. The lowest BCUT2D eigenvalue weighted by atomic mass is 9.92. The van der Waals surface area contributed by atoms with E-state index in [0.29, 0.717) is 24.1 Å². The highest BCUT2D eigenvalue weighted by molar-refractivity contribution is 5.83. The van der Waals surface area contributed by atoms with Gasteiger partial charge in [-0.15, -0.1) is 0 Å². The first kappa shape index (κ1) is 20.5. The van der Waals surface area contributed by atoms with Crippen LogP contribution in [0.5, 0.6) is 0 Å². The van der Waals surface area contributed by atoms with E-state index in [9.17, 15) is 9.18 Å². The number of aromatic nitrogens is 1. The maximum atomic E-state index is 13.1. The Morgan fingerprint density at radius 3 is 2.64 bits per heavy atom. The van der Waals surface area contributed by atoms with Crippen LogP contribution in [0.15, 0.2) is 34.9 Å². The molecule has 1 fully saturated rings. The highest BCUT2D eigenvalue weighted by atomic mass is 19.1. The minimum Gasteiger partial charge on any atom is -0.356 e. The molecule has 1 amide bonds. The number of hydrogen-bond acceptors (Lipinski definition) is 4. The summed E-state index contributed by atoms with van der Waals surface area (Å²) in [6.45, 7) is 9.95. The number of carbonyl (C=O) groups excluding carboxylic acids is 1. The molecule has 1 unspecified atom stereocenters. The molecule has 5 nitrogen and oxygen atoms in total. The third-order valence-electron chi connectivity index (χ3n) is 5.58. The number of piperazine rings is 1. The summed E-state index contributed by atoms with van der Waals surface area (Å²) in [5, 5.41) is 7.41. The molecule has 2 aromatic rings. The minimum atomic E-state index is -0.282. The van der Waals surface area contributed by atoms with E-state index < -0.39 is 0 Å². The van der Waals surface area contributed by atoms with Crippen molar-refractivity contribution in [2.75, 3.05) is 6.54 Å². The van der Waals surface area contributed by atoms with Gasteiger partial charge in [-0.2, -0.15) is 0 Å². The molecule has 1 N–H and O–H groups in total. The lowest BCUT2D eigenvalue weighted by Crippen LogP contribution is -2.61. The molecule has 1 aromatic carbocycles. The molecule has 152 valence electrons. The van der Waals surface area contributed by atoms with Crippen LogP contribution in [0.3, 0.4) is 0 Å². The summed E-state index contributed by atoms with van der Waals surface area (Å²) in [6.07, 6.45) is 1.83. The fourth-order valence-electron chi connectivity index (χ4n) is 3.70. The van der Waals surface area contributed by atoms with Crippen LogP contribution in [0, 0.1) is 17.7 Å². The Hall–Kier alpha value is -2.21. The smallest absolute Gasteiger partial charge is 0.237 e. The number of benzene rings is 1. The molecule has 1 aliphatic heterocycles. The normalized spacial score (nSPS) is 21.7. The van der Waals surface area contributed by atoms with Crippen LogP contribution in [0.4, 0.5) is 4.39 Å². The average molecular weight is 387 g/mol. The summed E-state index contributed by atoms with van der Waals surface area (Å²) in [4.78, 5) is 15.0. The molecule has 2 heterocycles. The maximum absolute atomic E-state index is 13.1. The summed E-state index contributed by atoms with van der Waals surface area (Å²) < 4.78 is 18.6. The largest absolute Gasteiger partial charge is 0.356 e. The van der Waals surface area contributed by atoms with E-state index in [4.69, 9.17) is 4.52 Å². The van der Waals surface area contributed by atoms with E-state index in [1.165, 1.54) is 12.1 Å². The molecule has 0 spiro atoms. The van der Waals surface area contributed by atoms with Gasteiger partial charge < -0.3 is 9.84 Å². The Kier molecular flexibility index (Phi) is 6.50. The van der Waals surface area contributed by atoms with Crippen molar-refractivity contribution in [2.24, 2.45) is 11.8 Å². The Morgan fingerprint density at radius 1 is 1.29 bits per heavy atom. The quantitative estimate of drug-likeness (QED) is 0.772. The van der Waals surface area contributed by atoms with Crippen LogP contribution in [-0.4, -0.2) is 34.6 Å². The second-order valence-corrected chi connectivity index (χ2v) is 8.26. The predicted molar refractivity (Wildman–Crippen MR) is 107 cm³/mol. The van der Waals surface area contributed by atoms with Crippen molar-refractivity contribution in [3.63, 3.8) is 0 Å². The molecule has 0 saturated carbocycles. The second-order valence-electron chi connectivity index (χ2n) is 8.26. The highest BCUT2D eigenvalue weighted by Crippen LogP contribution is 2.25. The summed E-state index contributed by atoms with van der Waals surface area (Å²) in [5.74, 6) is 1.27. The molecule has 3 atom stereocenters. The van der Waals surface area contributed by atoms with E-state index in [1.807, 2.05) is 6.07 Å². The topological polar surface area (TPSA) is 58.4 Å². The molecule has 1 aliphatic rings. The van der Waals surface area contributed by atoms with Crippen molar-refractivity contribution in [1.82, 2.24) is 15.4 Å². The fraction of sp³-hybridized carbons (Fsp3) is 0.545. The second kappa shape index (κ2) is 8.86. The Bertz CT molecular complexity index is 787. The fourth-order valence-corrected chi connectivity index (χ4v) is 3.70. The van der Waals surface area contributed by atoms with Crippen LogP contribution in [0.1, 0.15) is 46.2 Å². The summed E-state index contributed by atoms with van der Waals surface area (Å²) >= 11 is 0. The number of amides is 1. The highest BCUT2D eigenvalue weighted by Gasteiger charge is 2.36. The van der Waals surface area contributed by atoms with Gasteiger partial charge in [-0.25, -0.2) is 4.39 Å². The molecule has 0 bridgehead atoms. The van der Waals surface area contributed by atoms with E-state index in [2.05, 4.69) is 43.1 Å². The van der Waals surface area contributed by atoms with Crippen molar-refractivity contribution in [3.8, 4) is 11.3 Å². The van der Waals surface area contributed by atoms with E-state index in [-0.39, 0.29) is 23.8 Å². The van der Waals surface area contributed by atoms with Gasteiger partial charge >= 0.3 is 0 Å². The molecule has 3 rings (SSSR count). The number of halogens is 1. The SMILES string of the molecule is CCC(C)[C@H]1CN(Cc2cc(-c3ccc(F)cc3)on2)[C@@H](CC(C)C)C(=O)N1. The van der Waals surface area contributed by atoms with Crippen LogP contribution in [0.2, 0.25) is 0 Å². The molecular formula is C22H30FN3O2. The molecule has 0 radical (unpaired) electrons. The predicted octanol–water partition coefficient (Wildman–Crippen LogP) is 4.24. The van der Waals surface area contributed by atoms with Gasteiger partial charge in [0, 0.05) is 30.8 Å². The molecule has 0 aliphatic carbocycles. The number of hydrogen-bond donors (Lipinski definition) is 1. The van der Waals surface area contributed by atoms with Gasteiger partial charge in [0.05, 0.1) is 11.7 Å². The number of nitrogens with zero attached hydrogens (tertiary/aromatic N) is 2. The number of nitrogens with one attached hydrogen (secondary N) is 1. The molecule has 1 saturated heterocycles. The van der Waals surface area contributed by atoms with Crippen LogP contribution < -0.4 is 5.32 Å². The van der Waals surface area contributed by atoms with Crippen molar-refractivity contribution in [2.45, 2.75) is 59.2 Å². The Labute approximate surface area is 166 Å². The van der Waals surface area contributed by atoms with Crippen LogP contribution in [0.25, 0.3) is 11.3 Å². The lowest BCUT2D eigenvalue weighted by Gasteiger charge is -2.41.